The standard InChI is InChI=1S/C22H26N2O3S/c1-27-19-12-10-17(11-13-19)23-21(25)15-28-20-9-5-8-18(14-20)24-22(26)16-6-3-2-4-7-16/h5,8-14,16H,2-4,6-7,15H2,1H3,(H,23,25)(H,24,26). The maximum atomic E-state index is 12.4. The number of hydrogen-bond acceptors (Lipinski definition) is 4. The Morgan fingerprint density at radius 2 is 1.75 bits per heavy atom. The van der Waals surface area contributed by atoms with E-state index >= 15 is 0 Å². The molecule has 1 fully saturated rings. The van der Waals surface area contributed by atoms with Crippen molar-refractivity contribution in [3.63, 3.8) is 0 Å². The first kappa shape index (κ1) is 20.3. The van der Waals surface area contributed by atoms with Crippen LogP contribution < -0.4 is 15.4 Å². The maximum absolute atomic E-state index is 12.4. The van der Waals surface area contributed by atoms with Gasteiger partial charge in [0, 0.05) is 22.2 Å². The highest BCUT2D eigenvalue weighted by Gasteiger charge is 2.21. The van der Waals surface area contributed by atoms with Crippen LogP contribution in [0.2, 0.25) is 0 Å². The van der Waals surface area contributed by atoms with Gasteiger partial charge in [-0.2, -0.15) is 0 Å². The van der Waals surface area contributed by atoms with Gasteiger partial charge in [-0.05, 0) is 55.3 Å². The number of ether oxygens (including phenoxy) is 1. The van der Waals surface area contributed by atoms with E-state index in [0.717, 1.165) is 47.7 Å². The van der Waals surface area contributed by atoms with Gasteiger partial charge in [0.15, 0.2) is 0 Å². The predicted molar refractivity (Wildman–Crippen MR) is 114 cm³/mol. The number of anilines is 2. The van der Waals surface area contributed by atoms with Crippen molar-refractivity contribution >= 4 is 35.0 Å². The molecule has 2 aromatic rings. The van der Waals surface area contributed by atoms with Crippen LogP contribution in [0.15, 0.2) is 53.4 Å². The molecule has 6 heteroatoms. The molecule has 0 unspecified atom stereocenters. The number of amides is 2. The first-order chi connectivity index (χ1) is 13.6. The van der Waals surface area contributed by atoms with Crippen LogP contribution in [0.1, 0.15) is 32.1 Å². The summed E-state index contributed by atoms with van der Waals surface area (Å²) in [4.78, 5) is 25.5. The number of benzene rings is 2. The van der Waals surface area contributed by atoms with Gasteiger partial charge in [0.2, 0.25) is 11.8 Å². The summed E-state index contributed by atoms with van der Waals surface area (Å²) in [6.07, 6.45) is 5.46. The Bertz CT molecular complexity index is 802. The molecular formula is C22H26N2O3S. The monoisotopic (exact) mass is 398 g/mol. The van der Waals surface area contributed by atoms with Gasteiger partial charge in [-0.1, -0.05) is 25.3 Å². The van der Waals surface area contributed by atoms with Gasteiger partial charge >= 0.3 is 0 Å². The lowest BCUT2D eigenvalue weighted by molar-refractivity contribution is -0.120. The molecule has 148 valence electrons. The lowest BCUT2D eigenvalue weighted by atomic mass is 9.88. The molecule has 0 bridgehead atoms. The average Bonchev–Trinajstić information content (AvgIpc) is 2.74. The molecule has 0 radical (unpaired) electrons. The van der Waals surface area contributed by atoms with Crippen LogP contribution in [-0.2, 0) is 9.59 Å². The van der Waals surface area contributed by atoms with Crippen molar-refractivity contribution in [3.05, 3.63) is 48.5 Å². The molecule has 2 amide bonds. The lowest BCUT2D eigenvalue weighted by Gasteiger charge is -2.20. The molecule has 1 saturated carbocycles. The molecule has 0 saturated heterocycles. The molecule has 5 nitrogen and oxygen atoms in total. The van der Waals surface area contributed by atoms with Crippen molar-refractivity contribution in [2.75, 3.05) is 23.5 Å². The SMILES string of the molecule is COc1ccc(NC(=O)CSc2cccc(NC(=O)C3CCCCC3)c2)cc1. The lowest BCUT2D eigenvalue weighted by Crippen LogP contribution is -2.24. The molecule has 0 heterocycles. The largest absolute Gasteiger partial charge is 0.497 e. The molecule has 1 aliphatic rings. The fourth-order valence-corrected chi connectivity index (χ4v) is 4.05. The molecule has 2 N–H and O–H groups in total. The highest BCUT2D eigenvalue weighted by Crippen LogP contribution is 2.26. The van der Waals surface area contributed by atoms with Gasteiger partial charge in [-0.15, -0.1) is 11.8 Å². The zero-order valence-electron chi connectivity index (χ0n) is 16.1. The van der Waals surface area contributed by atoms with Crippen LogP contribution in [0.4, 0.5) is 11.4 Å². The minimum absolute atomic E-state index is 0.0770. The Labute approximate surface area is 170 Å². The van der Waals surface area contributed by atoms with E-state index in [2.05, 4.69) is 10.6 Å². The van der Waals surface area contributed by atoms with Crippen molar-refractivity contribution in [1.82, 2.24) is 0 Å². The fourth-order valence-electron chi connectivity index (χ4n) is 3.29. The molecule has 1 aliphatic carbocycles. The molecule has 0 aromatic heterocycles. The number of methoxy groups -OCH3 is 1. The van der Waals surface area contributed by atoms with Crippen LogP contribution in [0.5, 0.6) is 5.75 Å². The number of carbonyl (C=O) groups excluding carboxylic acids is 2. The number of rotatable bonds is 7. The van der Waals surface area contributed by atoms with Crippen molar-refractivity contribution < 1.29 is 14.3 Å². The third kappa shape index (κ3) is 6.02. The van der Waals surface area contributed by atoms with Crippen molar-refractivity contribution in [1.29, 1.82) is 0 Å². The van der Waals surface area contributed by atoms with Gasteiger partial charge in [0.05, 0.1) is 12.9 Å². The van der Waals surface area contributed by atoms with Gasteiger partial charge in [-0.3, -0.25) is 9.59 Å². The summed E-state index contributed by atoms with van der Waals surface area (Å²) < 4.78 is 5.11. The molecule has 3 rings (SSSR count). The van der Waals surface area contributed by atoms with Crippen molar-refractivity contribution in [2.45, 2.75) is 37.0 Å². The van der Waals surface area contributed by atoms with Gasteiger partial charge in [0.25, 0.3) is 0 Å². The van der Waals surface area contributed by atoms with E-state index in [0.29, 0.717) is 5.75 Å². The summed E-state index contributed by atoms with van der Waals surface area (Å²) in [6, 6.07) is 14.9. The topological polar surface area (TPSA) is 67.4 Å². The van der Waals surface area contributed by atoms with E-state index in [9.17, 15) is 9.59 Å². The first-order valence-electron chi connectivity index (χ1n) is 9.61. The van der Waals surface area contributed by atoms with E-state index in [4.69, 9.17) is 4.74 Å². The Balaban J connectivity index is 1.49. The third-order valence-corrected chi connectivity index (χ3v) is 5.82. The Kier molecular flexibility index (Phi) is 7.37. The number of carbonyl (C=O) groups is 2. The second-order valence-electron chi connectivity index (χ2n) is 6.92. The summed E-state index contributed by atoms with van der Waals surface area (Å²) >= 11 is 1.44. The van der Waals surface area contributed by atoms with E-state index in [1.54, 1.807) is 19.2 Å². The fraction of sp³-hybridized carbons (Fsp3) is 0.364. The van der Waals surface area contributed by atoms with Crippen LogP contribution in [0, 0.1) is 5.92 Å². The van der Waals surface area contributed by atoms with Crippen LogP contribution in [-0.4, -0.2) is 24.7 Å². The molecule has 0 atom stereocenters. The highest BCUT2D eigenvalue weighted by atomic mass is 32.2. The van der Waals surface area contributed by atoms with Gasteiger partial charge in [0.1, 0.15) is 5.75 Å². The zero-order valence-corrected chi connectivity index (χ0v) is 16.9. The Hall–Kier alpha value is -2.47. The van der Waals surface area contributed by atoms with Crippen molar-refractivity contribution in [3.8, 4) is 5.75 Å². The number of hydrogen-bond donors (Lipinski definition) is 2. The van der Waals surface area contributed by atoms with Gasteiger partial charge in [-0.25, -0.2) is 0 Å². The third-order valence-electron chi connectivity index (χ3n) is 4.82. The molecular weight excluding hydrogens is 372 g/mol. The summed E-state index contributed by atoms with van der Waals surface area (Å²) in [5.74, 6) is 1.21. The zero-order chi connectivity index (χ0) is 19.8. The molecule has 0 spiro atoms. The Morgan fingerprint density at radius 1 is 1.00 bits per heavy atom. The first-order valence-corrected chi connectivity index (χ1v) is 10.6. The van der Waals surface area contributed by atoms with Gasteiger partial charge < -0.3 is 15.4 Å². The van der Waals surface area contributed by atoms with E-state index in [1.807, 2.05) is 36.4 Å². The highest BCUT2D eigenvalue weighted by molar-refractivity contribution is 8.00. The van der Waals surface area contributed by atoms with Crippen LogP contribution in [0.3, 0.4) is 0 Å². The predicted octanol–water partition coefficient (Wildman–Crippen LogP) is 4.94. The molecule has 28 heavy (non-hydrogen) atoms. The van der Waals surface area contributed by atoms with Crippen LogP contribution in [0.25, 0.3) is 0 Å². The van der Waals surface area contributed by atoms with E-state index in [1.165, 1.54) is 18.2 Å². The minimum Gasteiger partial charge on any atom is -0.497 e. The normalized spacial score (nSPS) is 14.3. The smallest absolute Gasteiger partial charge is 0.234 e. The van der Waals surface area contributed by atoms with Crippen molar-refractivity contribution in [2.24, 2.45) is 5.92 Å². The van der Waals surface area contributed by atoms with E-state index in [-0.39, 0.29) is 17.7 Å². The quantitative estimate of drug-likeness (QED) is 0.648. The number of thioether (sulfide) groups is 1. The second kappa shape index (κ2) is 10.2. The average molecular weight is 399 g/mol. The molecule has 2 aromatic carbocycles. The van der Waals surface area contributed by atoms with E-state index < -0.39 is 0 Å². The second-order valence-corrected chi connectivity index (χ2v) is 7.97. The molecule has 0 aliphatic heterocycles. The summed E-state index contributed by atoms with van der Waals surface area (Å²) in [5, 5.41) is 5.89. The number of nitrogens with one attached hydrogen (secondary N) is 2. The maximum Gasteiger partial charge on any atom is 0.234 e. The summed E-state index contributed by atoms with van der Waals surface area (Å²) in [7, 11) is 1.61. The Morgan fingerprint density at radius 3 is 2.46 bits per heavy atom. The minimum atomic E-state index is -0.0770. The van der Waals surface area contributed by atoms with Crippen LogP contribution >= 0.6 is 11.8 Å². The summed E-state index contributed by atoms with van der Waals surface area (Å²) in [6.45, 7) is 0. The summed E-state index contributed by atoms with van der Waals surface area (Å²) in [5.41, 5.74) is 1.52.